The first-order valence-electron chi connectivity index (χ1n) is 3.58. The Morgan fingerprint density at radius 1 is 1.80 bits per heavy atom. The van der Waals surface area contributed by atoms with Crippen LogP contribution in [-0.4, -0.2) is 16.1 Å². The van der Waals surface area contributed by atoms with Gasteiger partial charge in [0.15, 0.2) is 0 Å². The van der Waals surface area contributed by atoms with Gasteiger partial charge in [0.1, 0.15) is 5.82 Å². The van der Waals surface area contributed by atoms with Gasteiger partial charge in [0.05, 0.1) is 6.04 Å². The van der Waals surface area contributed by atoms with Crippen LogP contribution in [0.1, 0.15) is 18.3 Å². The second-order valence-electron chi connectivity index (χ2n) is 2.69. The summed E-state index contributed by atoms with van der Waals surface area (Å²) in [6, 6.07) is 0.514. The third kappa shape index (κ3) is 0.743. The van der Waals surface area contributed by atoms with E-state index in [9.17, 15) is 0 Å². The third-order valence-corrected chi connectivity index (χ3v) is 1.99. The highest BCUT2D eigenvalue weighted by atomic mass is 15.1. The van der Waals surface area contributed by atoms with Crippen LogP contribution in [0.4, 0.5) is 0 Å². The monoisotopic (exact) mass is 137 g/mol. The van der Waals surface area contributed by atoms with E-state index >= 15 is 0 Å². The zero-order valence-electron chi connectivity index (χ0n) is 6.04. The second-order valence-corrected chi connectivity index (χ2v) is 2.69. The highest BCUT2D eigenvalue weighted by Crippen LogP contribution is 2.19. The summed E-state index contributed by atoms with van der Waals surface area (Å²) in [5.41, 5.74) is 0. The van der Waals surface area contributed by atoms with Gasteiger partial charge in [-0.25, -0.2) is 4.98 Å². The molecule has 2 heterocycles. The molecule has 0 bridgehead atoms. The van der Waals surface area contributed by atoms with Gasteiger partial charge in [-0.15, -0.1) is 0 Å². The first kappa shape index (κ1) is 5.92. The maximum Gasteiger partial charge on any atom is 0.125 e. The Balaban J connectivity index is 2.23. The number of hydrogen-bond acceptors (Lipinski definition) is 2. The summed E-state index contributed by atoms with van der Waals surface area (Å²) in [6.45, 7) is 1.14. The summed E-state index contributed by atoms with van der Waals surface area (Å²) in [5, 5.41) is 3.31. The van der Waals surface area contributed by atoms with Crippen molar-refractivity contribution in [3.63, 3.8) is 0 Å². The average molecular weight is 137 g/mol. The molecular weight excluding hydrogens is 126 g/mol. The van der Waals surface area contributed by atoms with E-state index in [2.05, 4.69) is 14.9 Å². The van der Waals surface area contributed by atoms with Gasteiger partial charge in [0.25, 0.3) is 0 Å². The summed E-state index contributed by atoms with van der Waals surface area (Å²) in [7, 11) is 2.03. The van der Waals surface area contributed by atoms with Crippen LogP contribution in [-0.2, 0) is 7.05 Å². The first-order chi connectivity index (χ1) is 4.88. The molecule has 1 aromatic rings. The van der Waals surface area contributed by atoms with Gasteiger partial charge < -0.3 is 9.88 Å². The fourth-order valence-corrected chi connectivity index (χ4v) is 1.22. The molecule has 0 amide bonds. The lowest BCUT2D eigenvalue weighted by Crippen LogP contribution is -2.36. The zero-order valence-corrected chi connectivity index (χ0v) is 6.04. The Hall–Kier alpha value is -0.830. The molecule has 3 heteroatoms. The van der Waals surface area contributed by atoms with E-state index in [4.69, 9.17) is 0 Å². The van der Waals surface area contributed by atoms with Crippen molar-refractivity contribution in [1.82, 2.24) is 14.9 Å². The maximum atomic E-state index is 4.24. The Labute approximate surface area is 60.1 Å². The van der Waals surface area contributed by atoms with Crippen molar-refractivity contribution in [2.75, 3.05) is 6.54 Å². The van der Waals surface area contributed by atoms with Gasteiger partial charge in [-0.05, 0) is 13.0 Å². The Bertz CT molecular complexity index is 225. The van der Waals surface area contributed by atoms with E-state index in [0.29, 0.717) is 6.04 Å². The Morgan fingerprint density at radius 3 is 3.00 bits per heavy atom. The molecule has 0 spiro atoms. The quantitative estimate of drug-likeness (QED) is 0.609. The molecule has 0 radical (unpaired) electrons. The molecule has 0 aromatic carbocycles. The SMILES string of the molecule is Cn1ccnc1C1CCN1. The molecule has 1 saturated heterocycles. The number of aromatic nitrogens is 2. The molecule has 0 aliphatic carbocycles. The van der Waals surface area contributed by atoms with Gasteiger partial charge >= 0.3 is 0 Å². The zero-order chi connectivity index (χ0) is 6.97. The predicted octanol–water partition coefficient (Wildman–Crippen LogP) is 0.454. The van der Waals surface area contributed by atoms with Crippen LogP contribution in [0.15, 0.2) is 12.4 Å². The van der Waals surface area contributed by atoms with Crippen molar-refractivity contribution in [1.29, 1.82) is 0 Å². The highest BCUT2D eigenvalue weighted by Gasteiger charge is 2.21. The van der Waals surface area contributed by atoms with E-state index in [1.54, 1.807) is 0 Å². The predicted molar refractivity (Wildman–Crippen MR) is 38.6 cm³/mol. The molecule has 2 rings (SSSR count). The highest BCUT2D eigenvalue weighted by molar-refractivity contribution is 5.02. The number of hydrogen-bond donors (Lipinski definition) is 1. The van der Waals surface area contributed by atoms with Crippen LogP contribution < -0.4 is 5.32 Å². The molecule has 1 fully saturated rings. The minimum Gasteiger partial charge on any atom is -0.337 e. The molecule has 1 N–H and O–H groups in total. The molecule has 1 aromatic heterocycles. The van der Waals surface area contributed by atoms with Crippen molar-refractivity contribution >= 4 is 0 Å². The summed E-state index contributed by atoms with van der Waals surface area (Å²) in [5.74, 6) is 1.16. The molecule has 1 atom stereocenters. The fraction of sp³-hybridized carbons (Fsp3) is 0.571. The largest absolute Gasteiger partial charge is 0.337 e. The maximum absolute atomic E-state index is 4.24. The number of nitrogens with one attached hydrogen (secondary N) is 1. The van der Waals surface area contributed by atoms with Gasteiger partial charge in [0.2, 0.25) is 0 Å². The van der Waals surface area contributed by atoms with Crippen molar-refractivity contribution in [2.45, 2.75) is 12.5 Å². The molecule has 1 unspecified atom stereocenters. The molecular formula is C7H11N3. The van der Waals surface area contributed by atoms with Crippen LogP contribution in [0, 0.1) is 0 Å². The van der Waals surface area contributed by atoms with Crippen molar-refractivity contribution in [2.24, 2.45) is 7.05 Å². The Kier molecular flexibility index (Phi) is 1.24. The van der Waals surface area contributed by atoms with Gasteiger partial charge in [0, 0.05) is 19.4 Å². The standard InChI is InChI=1S/C7H11N3/c1-10-5-4-9-7(10)6-2-3-8-6/h4-6,8H,2-3H2,1H3. The topological polar surface area (TPSA) is 29.9 Å². The molecule has 0 saturated carbocycles. The van der Waals surface area contributed by atoms with Crippen LogP contribution in [0.2, 0.25) is 0 Å². The number of imidazole rings is 1. The Morgan fingerprint density at radius 2 is 2.60 bits per heavy atom. The lowest BCUT2D eigenvalue weighted by molar-refractivity contribution is 0.359. The van der Waals surface area contributed by atoms with E-state index in [0.717, 1.165) is 12.4 Å². The molecule has 10 heavy (non-hydrogen) atoms. The fourth-order valence-electron chi connectivity index (χ4n) is 1.22. The van der Waals surface area contributed by atoms with Crippen molar-refractivity contribution in [3.8, 4) is 0 Å². The van der Waals surface area contributed by atoms with E-state index in [-0.39, 0.29) is 0 Å². The summed E-state index contributed by atoms with van der Waals surface area (Å²) in [4.78, 5) is 4.24. The normalized spacial score (nSPS) is 24.3. The van der Waals surface area contributed by atoms with E-state index in [1.807, 2.05) is 19.4 Å². The number of rotatable bonds is 1. The van der Waals surface area contributed by atoms with Gasteiger partial charge in [-0.2, -0.15) is 0 Å². The smallest absolute Gasteiger partial charge is 0.125 e. The van der Waals surface area contributed by atoms with Crippen molar-refractivity contribution in [3.05, 3.63) is 18.2 Å². The average Bonchev–Trinajstić information content (AvgIpc) is 2.12. The second kappa shape index (κ2) is 2.09. The van der Waals surface area contributed by atoms with Crippen LogP contribution in [0.25, 0.3) is 0 Å². The minimum atomic E-state index is 0.514. The lowest BCUT2D eigenvalue weighted by atomic mass is 10.1. The molecule has 54 valence electrons. The van der Waals surface area contributed by atoms with E-state index in [1.165, 1.54) is 6.42 Å². The van der Waals surface area contributed by atoms with Gasteiger partial charge in [-0.1, -0.05) is 0 Å². The van der Waals surface area contributed by atoms with E-state index < -0.39 is 0 Å². The summed E-state index contributed by atoms with van der Waals surface area (Å²) in [6.07, 6.45) is 5.05. The minimum absolute atomic E-state index is 0.514. The number of nitrogens with zero attached hydrogens (tertiary/aromatic N) is 2. The van der Waals surface area contributed by atoms with Crippen LogP contribution in [0.3, 0.4) is 0 Å². The summed E-state index contributed by atoms with van der Waals surface area (Å²) < 4.78 is 2.07. The van der Waals surface area contributed by atoms with Gasteiger partial charge in [-0.3, -0.25) is 0 Å². The first-order valence-corrected chi connectivity index (χ1v) is 3.58. The van der Waals surface area contributed by atoms with Crippen LogP contribution >= 0.6 is 0 Å². The summed E-state index contributed by atoms with van der Waals surface area (Å²) >= 11 is 0. The third-order valence-electron chi connectivity index (χ3n) is 1.99. The van der Waals surface area contributed by atoms with Crippen LogP contribution in [0.5, 0.6) is 0 Å². The lowest BCUT2D eigenvalue weighted by Gasteiger charge is -2.26. The molecule has 3 nitrogen and oxygen atoms in total. The molecule has 1 aliphatic rings. The number of aryl methyl sites for hydroxylation is 1. The molecule has 1 aliphatic heterocycles. The van der Waals surface area contributed by atoms with Crippen molar-refractivity contribution < 1.29 is 0 Å².